The normalized spacial score (nSPS) is 12.0. The highest BCUT2D eigenvalue weighted by molar-refractivity contribution is 5.82. The lowest BCUT2D eigenvalue weighted by Crippen LogP contribution is -2.15. The fourth-order valence-electron chi connectivity index (χ4n) is 1.42. The Kier molecular flexibility index (Phi) is 4.64. The molecule has 0 saturated heterocycles. The van der Waals surface area contributed by atoms with E-state index in [1.54, 1.807) is 0 Å². The molecule has 1 unspecified atom stereocenters. The molecule has 1 atom stereocenters. The van der Waals surface area contributed by atoms with Gasteiger partial charge in [0.1, 0.15) is 6.29 Å². The maximum atomic E-state index is 12.2. The molecule has 0 spiro atoms. The molecule has 0 fully saturated rings. The van der Waals surface area contributed by atoms with E-state index < -0.39 is 40.6 Å². The number of carbonyl (C=O) groups excluding carboxylic acids is 1. The number of aliphatic hydroxyl groups is 1. The predicted molar refractivity (Wildman–Crippen MR) is 57.7 cm³/mol. The first-order valence-corrected chi connectivity index (χ1v) is 4.91. The maximum Gasteiger partial charge on any atom is 0.387 e. The van der Waals surface area contributed by atoms with Crippen LogP contribution in [0.15, 0.2) is 12.1 Å². The number of rotatable bonds is 6. The zero-order chi connectivity index (χ0) is 15.4. The number of nitro benzene ring substituents is 1. The van der Waals surface area contributed by atoms with Crippen molar-refractivity contribution >= 4 is 17.9 Å². The Hall–Kier alpha value is -2.62. The molecule has 108 valence electrons. The van der Waals surface area contributed by atoms with Gasteiger partial charge in [0.15, 0.2) is 6.10 Å². The number of carboxylic acids is 1. The largest absolute Gasteiger partial charge is 0.479 e. The maximum absolute atomic E-state index is 12.2. The van der Waals surface area contributed by atoms with Gasteiger partial charge in [-0.2, -0.15) is 8.78 Å². The Labute approximate surface area is 109 Å². The molecule has 1 aromatic carbocycles. The van der Waals surface area contributed by atoms with Crippen molar-refractivity contribution < 1.29 is 38.2 Å². The van der Waals surface area contributed by atoms with Crippen molar-refractivity contribution in [1.29, 1.82) is 0 Å². The molecule has 10 heteroatoms. The summed E-state index contributed by atoms with van der Waals surface area (Å²) in [5.41, 5.74) is -2.23. The van der Waals surface area contributed by atoms with E-state index in [0.29, 0.717) is 6.07 Å². The van der Waals surface area contributed by atoms with Gasteiger partial charge in [0, 0.05) is 17.2 Å². The first-order chi connectivity index (χ1) is 9.27. The van der Waals surface area contributed by atoms with Crippen molar-refractivity contribution in [2.75, 3.05) is 0 Å². The van der Waals surface area contributed by atoms with E-state index in [4.69, 9.17) is 5.11 Å². The third-order valence-corrected chi connectivity index (χ3v) is 2.19. The number of aliphatic hydroxyl groups excluding tert-OH is 1. The average Bonchev–Trinajstić information content (AvgIpc) is 2.36. The van der Waals surface area contributed by atoms with Crippen molar-refractivity contribution in [2.24, 2.45) is 0 Å². The molecule has 0 heterocycles. The van der Waals surface area contributed by atoms with Crippen LogP contribution >= 0.6 is 0 Å². The molecule has 0 aliphatic rings. The molecule has 0 amide bonds. The van der Waals surface area contributed by atoms with Gasteiger partial charge < -0.3 is 14.9 Å². The summed E-state index contributed by atoms with van der Waals surface area (Å²) in [4.78, 5) is 30.9. The number of hydrogen-bond acceptors (Lipinski definition) is 6. The van der Waals surface area contributed by atoms with Crippen molar-refractivity contribution in [3.05, 3.63) is 33.4 Å². The van der Waals surface area contributed by atoms with E-state index >= 15 is 0 Å². The number of halogens is 2. The monoisotopic (exact) mass is 291 g/mol. The van der Waals surface area contributed by atoms with Gasteiger partial charge in [-0.05, 0) is 6.07 Å². The van der Waals surface area contributed by atoms with Gasteiger partial charge in [-0.15, -0.1) is 0 Å². The minimum absolute atomic E-state index is 0.136. The van der Waals surface area contributed by atoms with E-state index in [1.807, 2.05) is 0 Å². The van der Waals surface area contributed by atoms with Gasteiger partial charge in [-0.1, -0.05) is 0 Å². The van der Waals surface area contributed by atoms with Crippen molar-refractivity contribution in [2.45, 2.75) is 12.7 Å². The Morgan fingerprint density at radius 2 is 2.05 bits per heavy atom. The second-order valence-electron chi connectivity index (χ2n) is 3.45. The number of nitro groups is 1. The lowest BCUT2D eigenvalue weighted by molar-refractivity contribution is -0.386. The molecule has 1 rings (SSSR count). The predicted octanol–water partition coefficient (Wildman–Crippen LogP) is 1.13. The zero-order valence-corrected chi connectivity index (χ0v) is 9.53. The molecule has 2 N–H and O–H groups in total. The molecule has 1 aromatic rings. The quantitative estimate of drug-likeness (QED) is 0.456. The molecule has 8 nitrogen and oxygen atoms in total. The van der Waals surface area contributed by atoms with Crippen LogP contribution in [0.3, 0.4) is 0 Å². The number of aldehydes is 1. The lowest BCUT2D eigenvalue weighted by atomic mass is 10.0. The van der Waals surface area contributed by atoms with E-state index in [2.05, 4.69) is 4.74 Å². The molecular formula is C10H7F2NO7. The summed E-state index contributed by atoms with van der Waals surface area (Å²) >= 11 is 0. The van der Waals surface area contributed by atoms with Gasteiger partial charge in [0.2, 0.25) is 5.75 Å². The summed E-state index contributed by atoms with van der Waals surface area (Å²) in [6.07, 6.45) is -2.22. The van der Waals surface area contributed by atoms with E-state index in [9.17, 15) is 33.6 Å². The second-order valence-corrected chi connectivity index (χ2v) is 3.45. The number of carboxylic acid groups (broad SMARTS) is 1. The van der Waals surface area contributed by atoms with E-state index in [1.165, 1.54) is 0 Å². The number of benzene rings is 1. The van der Waals surface area contributed by atoms with Crippen LogP contribution in [0.1, 0.15) is 22.0 Å². The van der Waals surface area contributed by atoms with Gasteiger partial charge in [0.05, 0.1) is 4.92 Å². The summed E-state index contributed by atoms with van der Waals surface area (Å²) < 4.78 is 28.4. The SMILES string of the molecule is O=Cc1cc(C(O)C(=O)O)c(OC(F)F)c([N+](=O)[O-])c1. The number of carbonyl (C=O) groups is 2. The van der Waals surface area contributed by atoms with Crippen molar-refractivity contribution in [3.63, 3.8) is 0 Å². The summed E-state index contributed by atoms with van der Waals surface area (Å²) in [7, 11) is 0. The summed E-state index contributed by atoms with van der Waals surface area (Å²) in [6.45, 7) is -3.48. The zero-order valence-electron chi connectivity index (χ0n) is 9.53. The summed E-state index contributed by atoms with van der Waals surface area (Å²) in [5, 5.41) is 28.7. The molecule has 0 aromatic heterocycles. The van der Waals surface area contributed by atoms with Crippen LogP contribution in [0.5, 0.6) is 5.75 Å². The topological polar surface area (TPSA) is 127 Å². The highest BCUT2D eigenvalue weighted by atomic mass is 19.3. The van der Waals surface area contributed by atoms with Gasteiger partial charge in [0.25, 0.3) is 0 Å². The van der Waals surface area contributed by atoms with Crippen LogP contribution in [0.2, 0.25) is 0 Å². The van der Waals surface area contributed by atoms with Crippen LogP contribution in [0, 0.1) is 10.1 Å². The fraction of sp³-hybridized carbons (Fsp3) is 0.200. The minimum Gasteiger partial charge on any atom is -0.479 e. The Balaban J connectivity index is 3.58. The Morgan fingerprint density at radius 1 is 1.45 bits per heavy atom. The van der Waals surface area contributed by atoms with Crippen LogP contribution in [0.4, 0.5) is 14.5 Å². The number of alkyl halides is 2. The highest BCUT2D eigenvalue weighted by Crippen LogP contribution is 2.37. The van der Waals surface area contributed by atoms with Gasteiger partial charge >= 0.3 is 18.3 Å². The van der Waals surface area contributed by atoms with Crippen LogP contribution in [0.25, 0.3) is 0 Å². The molecule has 0 aliphatic heterocycles. The van der Waals surface area contributed by atoms with Crippen LogP contribution in [-0.2, 0) is 4.79 Å². The highest BCUT2D eigenvalue weighted by Gasteiger charge is 2.30. The Morgan fingerprint density at radius 3 is 2.45 bits per heavy atom. The van der Waals surface area contributed by atoms with Crippen LogP contribution in [-0.4, -0.2) is 34.0 Å². The number of aliphatic carboxylic acids is 1. The van der Waals surface area contributed by atoms with Crippen LogP contribution < -0.4 is 4.74 Å². The standard InChI is InChI=1S/C10H7F2NO7/c11-10(12)20-8-5(7(15)9(16)17)1-4(3-14)2-6(8)13(18)19/h1-3,7,10,15H,(H,16,17). The molecular weight excluding hydrogens is 284 g/mol. The van der Waals surface area contributed by atoms with Gasteiger partial charge in [-0.25, -0.2) is 4.79 Å². The molecule has 0 radical (unpaired) electrons. The third-order valence-electron chi connectivity index (χ3n) is 2.19. The fourth-order valence-corrected chi connectivity index (χ4v) is 1.42. The summed E-state index contributed by atoms with van der Waals surface area (Å²) in [5.74, 6) is -2.95. The molecule has 0 saturated carbocycles. The molecule has 0 bridgehead atoms. The lowest BCUT2D eigenvalue weighted by Gasteiger charge is -2.13. The minimum atomic E-state index is -3.48. The smallest absolute Gasteiger partial charge is 0.387 e. The number of nitrogens with zero attached hydrogens (tertiary/aromatic N) is 1. The third kappa shape index (κ3) is 3.23. The second kappa shape index (κ2) is 6.02. The van der Waals surface area contributed by atoms with Crippen molar-refractivity contribution in [3.8, 4) is 5.75 Å². The molecule has 0 aliphatic carbocycles. The number of hydrogen-bond donors (Lipinski definition) is 2. The average molecular weight is 291 g/mol. The van der Waals surface area contributed by atoms with Crippen molar-refractivity contribution in [1.82, 2.24) is 0 Å². The summed E-state index contributed by atoms with van der Waals surface area (Å²) in [6, 6.07) is 1.35. The molecule has 20 heavy (non-hydrogen) atoms. The Bertz CT molecular complexity index is 561. The number of ether oxygens (including phenoxy) is 1. The van der Waals surface area contributed by atoms with E-state index in [0.717, 1.165) is 6.07 Å². The first-order valence-electron chi connectivity index (χ1n) is 4.91. The van der Waals surface area contributed by atoms with Gasteiger partial charge in [-0.3, -0.25) is 14.9 Å². The van der Waals surface area contributed by atoms with E-state index in [-0.39, 0.29) is 11.8 Å². The first kappa shape index (κ1) is 15.4.